The molecule has 4 aromatic rings. The molecule has 1 N–H and O–H groups in total. The topological polar surface area (TPSA) is 73.2 Å². The maximum absolute atomic E-state index is 12.2. The van der Waals surface area contributed by atoms with Gasteiger partial charge >= 0.3 is 6.09 Å². The van der Waals surface area contributed by atoms with E-state index >= 15 is 0 Å². The van der Waals surface area contributed by atoms with E-state index in [2.05, 4.69) is 16.5 Å². The van der Waals surface area contributed by atoms with Crippen molar-refractivity contribution in [2.45, 2.75) is 33.4 Å². The average Bonchev–Trinajstić information content (AvgIpc) is 3.06. The van der Waals surface area contributed by atoms with Crippen molar-refractivity contribution in [3.8, 4) is 0 Å². The zero-order valence-corrected chi connectivity index (χ0v) is 18.2. The van der Waals surface area contributed by atoms with Gasteiger partial charge in [-0.25, -0.2) is 4.79 Å². The molecule has 0 spiro atoms. The number of benzene rings is 3. The van der Waals surface area contributed by atoms with Crippen LogP contribution in [0.5, 0.6) is 0 Å². The molecular weight excluding hydrogens is 402 g/mol. The number of nitrogens with one attached hydrogen (secondary N) is 1. The molecule has 0 atom stereocenters. The monoisotopic (exact) mass is 427 g/mol. The van der Waals surface area contributed by atoms with Gasteiger partial charge in [0.2, 0.25) is 0 Å². The van der Waals surface area contributed by atoms with Gasteiger partial charge in [-0.05, 0) is 53.9 Å². The second-order valence-corrected chi connectivity index (χ2v) is 7.76. The van der Waals surface area contributed by atoms with E-state index in [1.54, 1.807) is 0 Å². The fourth-order valence-corrected chi connectivity index (χ4v) is 3.76. The summed E-state index contributed by atoms with van der Waals surface area (Å²) < 4.78 is 7.27. The zero-order chi connectivity index (χ0) is 22.5. The molecule has 0 radical (unpaired) electrons. The van der Waals surface area contributed by atoms with Crippen molar-refractivity contribution in [2.75, 3.05) is 5.32 Å². The fourth-order valence-electron chi connectivity index (χ4n) is 3.76. The zero-order valence-electron chi connectivity index (χ0n) is 18.2. The van der Waals surface area contributed by atoms with Crippen molar-refractivity contribution in [2.24, 2.45) is 0 Å². The number of aromatic nitrogens is 2. The molecule has 3 aromatic carbocycles. The Hall–Kier alpha value is -3.93. The smallest absolute Gasteiger partial charge is 0.411 e. The molecule has 0 aliphatic heterocycles. The van der Waals surface area contributed by atoms with E-state index in [1.165, 1.54) is 0 Å². The normalized spacial score (nSPS) is 10.8. The Morgan fingerprint density at radius 1 is 1.00 bits per heavy atom. The molecule has 162 valence electrons. The number of amides is 1. The molecule has 1 aromatic heterocycles. The first-order valence-corrected chi connectivity index (χ1v) is 10.5. The van der Waals surface area contributed by atoms with Crippen molar-refractivity contribution in [3.63, 3.8) is 0 Å². The number of aryl methyl sites for hydroxylation is 1. The van der Waals surface area contributed by atoms with Crippen molar-refractivity contribution in [1.29, 1.82) is 0 Å². The van der Waals surface area contributed by atoms with Crippen LogP contribution in [0, 0.1) is 13.8 Å². The van der Waals surface area contributed by atoms with Gasteiger partial charge in [-0.2, -0.15) is 5.10 Å². The Balaban J connectivity index is 1.33. The van der Waals surface area contributed by atoms with Crippen LogP contribution in [0.25, 0.3) is 10.8 Å². The minimum Gasteiger partial charge on any atom is -0.444 e. The van der Waals surface area contributed by atoms with Crippen LogP contribution in [0.3, 0.4) is 0 Å². The van der Waals surface area contributed by atoms with Crippen LogP contribution in [0.15, 0.2) is 66.7 Å². The lowest BCUT2D eigenvalue weighted by atomic mass is 10.1. The predicted molar refractivity (Wildman–Crippen MR) is 125 cm³/mol. The molecule has 0 saturated carbocycles. The molecule has 6 nitrogen and oxygen atoms in total. The van der Waals surface area contributed by atoms with Crippen molar-refractivity contribution in [3.05, 3.63) is 94.8 Å². The molecule has 4 rings (SSSR count). The molecule has 0 bridgehead atoms. The van der Waals surface area contributed by atoms with Gasteiger partial charge < -0.3 is 9.53 Å². The van der Waals surface area contributed by atoms with E-state index in [0.717, 1.165) is 45.1 Å². The molecule has 32 heavy (non-hydrogen) atoms. The van der Waals surface area contributed by atoms with Gasteiger partial charge in [0.15, 0.2) is 0 Å². The minimum atomic E-state index is -0.497. The third-order valence-corrected chi connectivity index (χ3v) is 5.54. The number of hydrogen-bond acceptors (Lipinski definition) is 4. The summed E-state index contributed by atoms with van der Waals surface area (Å²) in [5, 5.41) is 9.56. The summed E-state index contributed by atoms with van der Waals surface area (Å²) in [6.45, 7) is 4.69. The molecule has 0 saturated heterocycles. The standard InChI is InChI=1S/C26H25N3O3/c1-18-25(13-14-30)19(2)29(28-18)16-20-8-11-24(12-9-20)27-26(31)32-17-21-7-10-22-5-3-4-6-23(22)15-21/h3-12,14-15H,13,16-17H2,1-2H3,(H,27,31). The first kappa shape index (κ1) is 21.3. The van der Waals surface area contributed by atoms with E-state index < -0.39 is 6.09 Å². The lowest BCUT2D eigenvalue weighted by Gasteiger charge is -2.09. The second-order valence-electron chi connectivity index (χ2n) is 7.76. The molecule has 0 aliphatic carbocycles. The van der Waals surface area contributed by atoms with Crippen LogP contribution in [0.4, 0.5) is 10.5 Å². The van der Waals surface area contributed by atoms with Crippen molar-refractivity contribution < 1.29 is 14.3 Å². The highest BCUT2D eigenvalue weighted by Gasteiger charge is 2.11. The Morgan fingerprint density at radius 3 is 2.47 bits per heavy atom. The molecule has 1 heterocycles. The molecule has 6 heteroatoms. The van der Waals surface area contributed by atoms with Crippen molar-refractivity contribution in [1.82, 2.24) is 9.78 Å². The highest BCUT2D eigenvalue weighted by atomic mass is 16.5. The van der Waals surface area contributed by atoms with Gasteiger partial charge in [-0.3, -0.25) is 10.00 Å². The van der Waals surface area contributed by atoms with Crippen molar-refractivity contribution >= 4 is 28.8 Å². The first-order valence-electron chi connectivity index (χ1n) is 10.5. The SMILES string of the molecule is Cc1nn(Cc2ccc(NC(=O)OCc3ccc4ccccc4c3)cc2)c(C)c1CC=O. The number of aldehydes is 1. The number of nitrogens with zero attached hydrogens (tertiary/aromatic N) is 2. The van der Waals surface area contributed by atoms with Gasteiger partial charge in [0.1, 0.15) is 12.9 Å². The van der Waals surface area contributed by atoms with Crippen LogP contribution in [-0.2, 0) is 29.1 Å². The van der Waals surface area contributed by atoms with Gasteiger partial charge in [0.05, 0.1) is 12.2 Å². The fraction of sp³-hybridized carbons (Fsp3) is 0.192. The molecule has 0 aliphatic rings. The summed E-state index contributed by atoms with van der Waals surface area (Å²) >= 11 is 0. The quantitative estimate of drug-likeness (QED) is 0.412. The Morgan fingerprint density at radius 2 is 1.72 bits per heavy atom. The van der Waals surface area contributed by atoms with Gasteiger partial charge in [0.25, 0.3) is 0 Å². The van der Waals surface area contributed by atoms with E-state index in [1.807, 2.05) is 79.2 Å². The highest BCUT2D eigenvalue weighted by molar-refractivity contribution is 5.85. The lowest BCUT2D eigenvalue weighted by molar-refractivity contribution is -0.107. The largest absolute Gasteiger partial charge is 0.444 e. The minimum absolute atomic E-state index is 0.204. The Labute approximate surface area is 186 Å². The first-order chi connectivity index (χ1) is 15.5. The highest BCUT2D eigenvalue weighted by Crippen LogP contribution is 2.18. The number of ether oxygens (including phenoxy) is 1. The van der Waals surface area contributed by atoms with Gasteiger partial charge in [-0.1, -0.05) is 48.5 Å². The van der Waals surface area contributed by atoms with E-state index in [-0.39, 0.29) is 6.61 Å². The number of anilines is 1. The van der Waals surface area contributed by atoms with Crippen LogP contribution < -0.4 is 5.32 Å². The number of hydrogen-bond donors (Lipinski definition) is 1. The van der Waals surface area contributed by atoms with E-state index in [4.69, 9.17) is 4.74 Å². The molecule has 1 amide bonds. The summed E-state index contributed by atoms with van der Waals surface area (Å²) in [4.78, 5) is 23.1. The third-order valence-electron chi connectivity index (χ3n) is 5.54. The summed E-state index contributed by atoms with van der Waals surface area (Å²) in [6.07, 6.45) is 0.783. The number of fused-ring (bicyclic) bond motifs is 1. The summed E-state index contributed by atoms with van der Waals surface area (Å²) in [7, 11) is 0. The van der Waals surface area contributed by atoms with E-state index in [0.29, 0.717) is 18.7 Å². The molecule has 0 fully saturated rings. The summed E-state index contributed by atoms with van der Waals surface area (Å²) in [5.74, 6) is 0. The van der Waals surface area contributed by atoms with E-state index in [9.17, 15) is 9.59 Å². The maximum atomic E-state index is 12.2. The van der Waals surface area contributed by atoms with Crippen LogP contribution >= 0.6 is 0 Å². The maximum Gasteiger partial charge on any atom is 0.411 e. The summed E-state index contributed by atoms with van der Waals surface area (Å²) in [5.41, 5.74) is 5.49. The lowest BCUT2D eigenvalue weighted by Crippen LogP contribution is -2.13. The molecule has 0 unspecified atom stereocenters. The van der Waals surface area contributed by atoms with Gasteiger partial charge in [0, 0.05) is 23.4 Å². The Bertz CT molecular complexity index is 1260. The Kier molecular flexibility index (Phi) is 6.31. The number of carbonyl (C=O) groups excluding carboxylic acids is 2. The van der Waals surface area contributed by atoms with Crippen LogP contribution in [0.2, 0.25) is 0 Å². The third kappa shape index (κ3) is 4.86. The second kappa shape index (κ2) is 9.47. The molecular formula is C26H25N3O3. The average molecular weight is 428 g/mol. The number of rotatable bonds is 7. The van der Waals surface area contributed by atoms with Crippen LogP contribution in [-0.4, -0.2) is 22.2 Å². The van der Waals surface area contributed by atoms with Gasteiger partial charge in [-0.15, -0.1) is 0 Å². The summed E-state index contributed by atoms with van der Waals surface area (Å²) in [6, 6.07) is 21.6. The van der Waals surface area contributed by atoms with Crippen LogP contribution in [0.1, 0.15) is 28.1 Å². The number of carbonyl (C=O) groups is 2. The predicted octanol–water partition coefficient (Wildman–Crippen LogP) is 5.19.